The van der Waals surface area contributed by atoms with E-state index in [1.807, 2.05) is 0 Å². The number of nitrogens with one attached hydrogen (secondary N) is 1. The molecule has 0 radical (unpaired) electrons. The molecule has 0 aromatic heterocycles. The molecule has 0 unspecified atom stereocenters. The SMILES string of the molecule is CCCCCCNCCC1CC2(CCN(CC(CCCCCC)CCCCCC)CC2)C1. The van der Waals surface area contributed by atoms with Gasteiger partial charge in [0, 0.05) is 6.54 Å². The van der Waals surface area contributed by atoms with E-state index < -0.39 is 0 Å². The van der Waals surface area contributed by atoms with E-state index in [1.54, 1.807) is 0 Å². The topological polar surface area (TPSA) is 15.3 Å². The van der Waals surface area contributed by atoms with E-state index in [0.717, 1.165) is 17.3 Å². The molecule has 0 bridgehead atoms. The molecule has 0 atom stereocenters. The average molecular weight is 449 g/mol. The lowest BCUT2D eigenvalue weighted by Gasteiger charge is -2.53. The first-order chi connectivity index (χ1) is 15.7. The minimum absolute atomic E-state index is 0.750. The zero-order valence-electron chi connectivity index (χ0n) is 22.6. The molecule has 1 saturated carbocycles. The third-order valence-corrected chi connectivity index (χ3v) is 8.74. The minimum Gasteiger partial charge on any atom is -0.317 e. The van der Waals surface area contributed by atoms with Crippen LogP contribution in [-0.2, 0) is 0 Å². The van der Waals surface area contributed by atoms with Crippen LogP contribution >= 0.6 is 0 Å². The number of rotatable bonds is 20. The van der Waals surface area contributed by atoms with E-state index in [1.165, 1.54) is 155 Å². The van der Waals surface area contributed by atoms with Crippen LogP contribution in [0.3, 0.4) is 0 Å². The van der Waals surface area contributed by atoms with E-state index >= 15 is 0 Å². The van der Waals surface area contributed by atoms with Gasteiger partial charge in [-0.15, -0.1) is 0 Å². The highest BCUT2D eigenvalue weighted by atomic mass is 15.1. The second kappa shape index (κ2) is 17.4. The van der Waals surface area contributed by atoms with Crippen LogP contribution < -0.4 is 5.32 Å². The fourth-order valence-electron chi connectivity index (χ4n) is 6.51. The third-order valence-electron chi connectivity index (χ3n) is 8.74. The molecule has 0 aromatic rings. The van der Waals surface area contributed by atoms with Gasteiger partial charge in [0.05, 0.1) is 0 Å². The molecule has 1 spiro atoms. The van der Waals surface area contributed by atoms with E-state index in [0.29, 0.717) is 0 Å². The van der Waals surface area contributed by atoms with Crippen LogP contribution in [0.15, 0.2) is 0 Å². The van der Waals surface area contributed by atoms with Crippen molar-refractivity contribution >= 4 is 0 Å². The molecule has 1 heterocycles. The van der Waals surface area contributed by atoms with Gasteiger partial charge < -0.3 is 10.2 Å². The second-order valence-corrected chi connectivity index (χ2v) is 11.7. The Bertz CT molecular complexity index is 407. The van der Waals surface area contributed by atoms with Crippen molar-refractivity contribution in [3.8, 4) is 0 Å². The van der Waals surface area contributed by atoms with Crippen molar-refractivity contribution < 1.29 is 0 Å². The molecule has 1 aliphatic carbocycles. The van der Waals surface area contributed by atoms with Gasteiger partial charge in [-0.2, -0.15) is 0 Å². The Kier molecular flexibility index (Phi) is 15.3. The van der Waals surface area contributed by atoms with E-state index in [2.05, 4.69) is 31.0 Å². The van der Waals surface area contributed by atoms with Gasteiger partial charge in [-0.05, 0) is 94.8 Å². The highest BCUT2D eigenvalue weighted by Gasteiger charge is 2.45. The summed E-state index contributed by atoms with van der Waals surface area (Å²) >= 11 is 0. The first-order valence-corrected chi connectivity index (χ1v) is 15.1. The standard InChI is InChI=1S/C30H60N2/c1-4-7-10-13-16-28(17-14-11-8-5-2)27-32-23-19-30(20-24-32)25-29(26-30)18-22-31-21-15-12-9-6-3/h28-29,31H,4-27H2,1-3H3. The monoisotopic (exact) mass is 448 g/mol. The summed E-state index contributed by atoms with van der Waals surface area (Å²) in [6, 6.07) is 0. The minimum atomic E-state index is 0.750. The quantitative estimate of drug-likeness (QED) is 0.188. The molecule has 1 N–H and O–H groups in total. The van der Waals surface area contributed by atoms with Crippen LogP contribution in [0.25, 0.3) is 0 Å². The normalized spacial score (nSPS) is 19.1. The van der Waals surface area contributed by atoms with Gasteiger partial charge >= 0.3 is 0 Å². The summed E-state index contributed by atoms with van der Waals surface area (Å²) in [5.41, 5.74) is 0.750. The summed E-state index contributed by atoms with van der Waals surface area (Å²) in [4.78, 5) is 2.86. The third kappa shape index (κ3) is 11.4. The van der Waals surface area contributed by atoms with Crippen molar-refractivity contribution in [3.05, 3.63) is 0 Å². The van der Waals surface area contributed by atoms with Gasteiger partial charge in [-0.3, -0.25) is 0 Å². The van der Waals surface area contributed by atoms with Crippen LogP contribution in [0.4, 0.5) is 0 Å². The van der Waals surface area contributed by atoms with Gasteiger partial charge in [-0.1, -0.05) is 91.4 Å². The Labute approximate surface area is 203 Å². The van der Waals surface area contributed by atoms with E-state index in [-0.39, 0.29) is 0 Å². The van der Waals surface area contributed by atoms with Crippen molar-refractivity contribution in [1.29, 1.82) is 0 Å². The largest absolute Gasteiger partial charge is 0.317 e. The fourth-order valence-corrected chi connectivity index (χ4v) is 6.51. The lowest BCUT2D eigenvalue weighted by atomic mass is 9.57. The maximum Gasteiger partial charge on any atom is 0.000966 e. The summed E-state index contributed by atoms with van der Waals surface area (Å²) in [7, 11) is 0. The number of hydrogen-bond acceptors (Lipinski definition) is 2. The molecule has 1 saturated heterocycles. The Morgan fingerprint density at radius 3 is 1.84 bits per heavy atom. The maximum atomic E-state index is 3.70. The summed E-state index contributed by atoms with van der Waals surface area (Å²) in [6.07, 6.45) is 27.5. The zero-order valence-corrected chi connectivity index (χ0v) is 22.6. The average Bonchev–Trinajstić information content (AvgIpc) is 2.78. The molecule has 2 rings (SSSR count). The molecule has 0 amide bonds. The molecular weight excluding hydrogens is 388 g/mol. The number of unbranched alkanes of at least 4 members (excludes halogenated alkanes) is 9. The lowest BCUT2D eigenvalue weighted by Crippen LogP contribution is -2.48. The van der Waals surface area contributed by atoms with E-state index in [4.69, 9.17) is 0 Å². The van der Waals surface area contributed by atoms with Crippen molar-refractivity contribution in [1.82, 2.24) is 10.2 Å². The van der Waals surface area contributed by atoms with Gasteiger partial charge in [0.1, 0.15) is 0 Å². The first-order valence-electron chi connectivity index (χ1n) is 15.1. The Morgan fingerprint density at radius 1 is 0.719 bits per heavy atom. The van der Waals surface area contributed by atoms with Crippen LogP contribution in [0.5, 0.6) is 0 Å². The molecule has 1 aliphatic heterocycles. The maximum absolute atomic E-state index is 3.70. The molecule has 32 heavy (non-hydrogen) atoms. The predicted octanol–water partition coefficient (Wildman–Crippen LogP) is 8.60. The van der Waals surface area contributed by atoms with Crippen LogP contribution in [-0.4, -0.2) is 37.6 Å². The number of likely N-dealkylation sites (tertiary alicyclic amines) is 1. The van der Waals surface area contributed by atoms with Gasteiger partial charge in [-0.25, -0.2) is 0 Å². The summed E-state index contributed by atoms with van der Waals surface area (Å²) in [6.45, 7) is 13.7. The number of piperidine rings is 1. The lowest BCUT2D eigenvalue weighted by molar-refractivity contribution is -0.0196. The van der Waals surface area contributed by atoms with Crippen molar-refractivity contribution in [3.63, 3.8) is 0 Å². The van der Waals surface area contributed by atoms with Crippen molar-refractivity contribution in [2.24, 2.45) is 17.3 Å². The Morgan fingerprint density at radius 2 is 1.28 bits per heavy atom. The van der Waals surface area contributed by atoms with E-state index in [9.17, 15) is 0 Å². The number of hydrogen-bond donors (Lipinski definition) is 1. The first kappa shape index (κ1) is 28.2. The molecule has 2 aliphatic rings. The van der Waals surface area contributed by atoms with Gasteiger partial charge in [0.15, 0.2) is 0 Å². The molecule has 2 heteroatoms. The van der Waals surface area contributed by atoms with Crippen molar-refractivity contribution in [2.45, 2.75) is 143 Å². The van der Waals surface area contributed by atoms with Gasteiger partial charge in [0.25, 0.3) is 0 Å². The molecule has 2 nitrogen and oxygen atoms in total. The summed E-state index contributed by atoms with van der Waals surface area (Å²) < 4.78 is 0. The highest BCUT2D eigenvalue weighted by molar-refractivity contribution is 4.97. The summed E-state index contributed by atoms with van der Waals surface area (Å²) in [5, 5.41) is 3.70. The fraction of sp³-hybridized carbons (Fsp3) is 1.00. The second-order valence-electron chi connectivity index (χ2n) is 11.7. The molecule has 190 valence electrons. The Balaban J connectivity index is 1.57. The highest BCUT2D eigenvalue weighted by Crippen LogP contribution is 2.53. The van der Waals surface area contributed by atoms with Crippen LogP contribution in [0.1, 0.15) is 143 Å². The summed E-state index contributed by atoms with van der Waals surface area (Å²) in [5.74, 6) is 1.99. The zero-order chi connectivity index (χ0) is 22.9. The van der Waals surface area contributed by atoms with Crippen LogP contribution in [0, 0.1) is 17.3 Å². The van der Waals surface area contributed by atoms with Crippen LogP contribution in [0.2, 0.25) is 0 Å². The Hall–Kier alpha value is -0.0800. The number of nitrogens with zero attached hydrogens (tertiary/aromatic N) is 1. The van der Waals surface area contributed by atoms with Crippen molar-refractivity contribution in [2.75, 3.05) is 32.7 Å². The predicted molar refractivity (Wildman–Crippen MR) is 143 cm³/mol. The molecule has 0 aromatic carbocycles. The van der Waals surface area contributed by atoms with Gasteiger partial charge in [0.2, 0.25) is 0 Å². The smallest absolute Gasteiger partial charge is 0.000966 e. The molecular formula is C30H60N2. The molecule has 2 fully saturated rings.